The summed E-state index contributed by atoms with van der Waals surface area (Å²) >= 11 is 0. The maximum absolute atomic E-state index is 11.3. The van der Waals surface area contributed by atoms with Crippen molar-refractivity contribution in [3.05, 3.63) is 36.9 Å². The molecule has 100 valence electrons. The van der Waals surface area contributed by atoms with Gasteiger partial charge in [0, 0.05) is 39.6 Å². The summed E-state index contributed by atoms with van der Waals surface area (Å²) in [5.41, 5.74) is 2.12. The predicted molar refractivity (Wildman–Crippen MR) is 76.5 cm³/mol. The van der Waals surface area contributed by atoms with E-state index in [4.69, 9.17) is 4.42 Å². The van der Waals surface area contributed by atoms with Crippen LogP contribution in [0.3, 0.4) is 0 Å². The Morgan fingerprint density at radius 1 is 1.21 bits per heavy atom. The number of hydrogen-bond donors (Lipinski definition) is 1. The molecular formula is C14H16N2O2S. The Morgan fingerprint density at radius 2 is 1.95 bits per heavy atom. The van der Waals surface area contributed by atoms with E-state index in [2.05, 4.69) is 10.3 Å². The van der Waals surface area contributed by atoms with Gasteiger partial charge in [0.25, 0.3) is 0 Å². The van der Waals surface area contributed by atoms with E-state index < -0.39 is 10.8 Å². The van der Waals surface area contributed by atoms with Gasteiger partial charge in [0.2, 0.25) is 0 Å². The summed E-state index contributed by atoms with van der Waals surface area (Å²) in [5.74, 6) is 2.40. The van der Waals surface area contributed by atoms with Gasteiger partial charge >= 0.3 is 0 Å². The minimum atomic E-state index is -0.602. The lowest BCUT2D eigenvalue weighted by molar-refractivity contribution is 0.572. The van der Waals surface area contributed by atoms with Gasteiger partial charge in [-0.15, -0.1) is 0 Å². The molecule has 0 aliphatic carbocycles. The second-order valence-corrected chi connectivity index (χ2v) is 6.41. The van der Waals surface area contributed by atoms with Crippen LogP contribution in [0.15, 0.2) is 41.3 Å². The second-order valence-electron chi connectivity index (χ2n) is 4.71. The molecule has 0 amide bonds. The van der Waals surface area contributed by atoms with E-state index in [1.54, 1.807) is 6.20 Å². The van der Waals surface area contributed by atoms with Gasteiger partial charge in [-0.1, -0.05) is 0 Å². The number of hydrogen-bond acceptors (Lipinski definition) is 4. The van der Waals surface area contributed by atoms with Crippen LogP contribution < -0.4 is 5.32 Å². The average Bonchev–Trinajstić information content (AvgIpc) is 2.96. The van der Waals surface area contributed by atoms with Gasteiger partial charge in [0.1, 0.15) is 0 Å². The molecule has 4 nitrogen and oxygen atoms in total. The van der Waals surface area contributed by atoms with Crippen molar-refractivity contribution in [3.8, 4) is 11.3 Å². The highest BCUT2D eigenvalue weighted by molar-refractivity contribution is 7.85. The molecule has 1 saturated heterocycles. The summed E-state index contributed by atoms with van der Waals surface area (Å²) < 4.78 is 16.6. The molecule has 3 rings (SSSR count). The Balaban J connectivity index is 1.65. The van der Waals surface area contributed by atoms with Crippen LogP contribution in [0.2, 0.25) is 0 Å². The van der Waals surface area contributed by atoms with Crippen molar-refractivity contribution in [3.63, 3.8) is 0 Å². The number of nitrogens with zero attached hydrogens (tertiary/aromatic N) is 1. The molecule has 1 aromatic heterocycles. The van der Waals surface area contributed by atoms with Crippen LogP contribution >= 0.6 is 0 Å². The lowest BCUT2D eigenvalue weighted by atomic mass is 10.1. The van der Waals surface area contributed by atoms with Gasteiger partial charge < -0.3 is 9.73 Å². The summed E-state index contributed by atoms with van der Waals surface area (Å²) in [6.45, 7) is 0. The molecule has 0 unspecified atom stereocenters. The van der Waals surface area contributed by atoms with E-state index in [1.165, 1.54) is 6.39 Å². The summed E-state index contributed by atoms with van der Waals surface area (Å²) in [6.07, 6.45) is 5.11. The Kier molecular flexibility index (Phi) is 3.64. The van der Waals surface area contributed by atoms with Crippen molar-refractivity contribution < 1.29 is 8.63 Å². The van der Waals surface area contributed by atoms with Crippen LogP contribution in [-0.2, 0) is 10.8 Å². The molecule has 2 aromatic rings. The molecule has 19 heavy (non-hydrogen) atoms. The number of oxazole rings is 1. The summed E-state index contributed by atoms with van der Waals surface area (Å²) in [6, 6.07) is 8.56. The summed E-state index contributed by atoms with van der Waals surface area (Å²) in [7, 11) is -0.602. The minimum absolute atomic E-state index is 0.439. The van der Waals surface area contributed by atoms with Crippen LogP contribution in [0.25, 0.3) is 11.3 Å². The van der Waals surface area contributed by atoms with Crippen molar-refractivity contribution in [1.82, 2.24) is 4.98 Å². The van der Waals surface area contributed by atoms with Gasteiger partial charge in [-0.2, -0.15) is 0 Å². The van der Waals surface area contributed by atoms with E-state index in [0.717, 1.165) is 41.4 Å². The molecule has 0 radical (unpaired) electrons. The summed E-state index contributed by atoms with van der Waals surface area (Å²) in [4.78, 5) is 3.91. The van der Waals surface area contributed by atoms with Gasteiger partial charge in [0.05, 0.1) is 6.20 Å². The lowest BCUT2D eigenvalue weighted by Gasteiger charge is -2.23. The van der Waals surface area contributed by atoms with Crippen molar-refractivity contribution in [2.75, 3.05) is 16.8 Å². The third kappa shape index (κ3) is 3.04. The van der Waals surface area contributed by atoms with Gasteiger partial charge in [-0.05, 0) is 37.1 Å². The standard InChI is InChI=1S/C14H16N2O2S/c17-19-7-5-13(6-8-19)16-12-3-1-11(2-4-12)14-9-15-10-18-14/h1-4,9-10,13,16H,5-8H2. The van der Waals surface area contributed by atoms with Crippen LogP contribution in [0.1, 0.15) is 12.8 Å². The average molecular weight is 276 g/mol. The number of rotatable bonds is 3. The number of nitrogens with one attached hydrogen (secondary N) is 1. The van der Waals surface area contributed by atoms with Crippen molar-refractivity contribution in [1.29, 1.82) is 0 Å². The molecule has 1 N–H and O–H groups in total. The van der Waals surface area contributed by atoms with Crippen molar-refractivity contribution in [2.45, 2.75) is 18.9 Å². The molecule has 2 heterocycles. The lowest BCUT2D eigenvalue weighted by Crippen LogP contribution is -2.29. The van der Waals surface area contributed by atoms with Crippen LogP contribution in [0, 0.1) is 0 Å². The van der Waals surface area contributed by atoms with Crippen molar-refractivity contribution >= 4 is 16.5 Å². The highest BCUT2D eigenvalue weighted by Crippen LogP contribution is 2.22. The van der Waals surface area contributed by atoms with E-state index in [1.807, 2.05) is 24.3 Å². The summed E-state index contributed by atoms with van der Waals surface area (Å²) in [5, 5.41) is 3.49. The fourth-order valence-corrected chi connectivity index (χ4v) is 3.56. The van der Waals surface area contributed by atoms with Crippen LogP contribution in [0.4, 0.5) is 5.69 Å². The first-order valence-electron chi connectivity index (χ1n) is 6.42. The molecule has 1 fully saturated rings. The first-order chi connectivity index (χ1) is 9.31. The van der Waals surface area contributed by atoms with Gasteiger partial charge in [0.15, 0.2) is 12.2 Å². The van der Waals surface area contributed by atoms with E-state index in [0.29, 0.717) is 6.04 Å². The van der Waals surface area contributed by atoms with Crippen LogP contribution in [-0.4, -0.2) is 26.7 Å². The smallest absolute Gasteiger partial charge is 0.181 e. The zero-order valence-electron chi connectivity index (χ0n) is 10.5. The first kappa shape index (κ1) is 12.4. The molecular weight excluding hydrogens is 260 g/mol. The Hall–Kier alpha value is -1.62. The zero-order chi connectivity index (χ0) is 13.1. The number of benzene rings is 1. The predicted octanol–water partition coefficient (Wildman–Crippen LogP) is 2.66. The topological polar surface area (TPSA) is 55.1 Å². The normalized spacial score (nSPS) is 23.2. The van der Waals surface area contributed by atoms with E-state index in [9.17, 15) is 4.21 Å². The molecule has 5 heteroatoms. The Bertz CT molecular complexity index is 541. The molecule has 1 aliphatic rings. The monoisotopic (exact) mass is 276 g/mol. The minimum Gasteiger partial charge on any atom is -0.444 e. The molecule has 0 saturated carbocycles. The molecule has 1 aliphatic heterocycles. The maximum atomic E-state index is 11.3. The van der Waals surface area contributed by atoms with Gasteiger partial charge in [-0.25, -0.2) is 4.98 Å². The first-order valence-corrected chi connectivity index (χ1v) is 7.90. The third-order valence-corrected chi connectivity index (χ3v) is 4.74. The Labute approximate surface area is 114 Å². The number of anilines is 1. The fraction of sp³-hybridized carbons (Fsp3) is 0.357. The zero-order valence-corrected chi connectivity index (χ0v) is 11.4. The molecule has 0 spiro atoms. The highest BCUT2D eigenvalue weighted by Gasteiger charge is 2.17. The van der Waals surface area contributed by atoms with E-state index in [-0.39, 0.29) is 0 Å². The highest BCUT2D eigenvalue weighted by atomic mass is 32.2. The third-order valence-electron chi connectivity index (χ3n) is 3.36. The largest absolute Gasteiger partial charge is 0.444 e. The molecule has 0 atom stereocenters. The second kappa shape index (κ2) is 5.57. The molecule has 0 bridgehead atoms. The van der Waals surface area contributed by atoms with Crippen molar-refractivity contribution in [2.24, 2.45) is 0 Å². The fourth-order valence-electron chi connectivity index (χ4n) is 2.26. The van der Waals surface area contributed by atoms with Crippen LogP contribution in [0.5, 0.6) is 0 Å². The maximum Gasteiger partial charge on any atom is 0.181 e. The Morgan fingerprint density at radius 3 is 2.58 bits per heavy atom. The SMILES string of the molecule is O=S1CCC(Nc2ccc(-c3cnco3)cc2)CC1. The number of aromatic nitrogens is 1. The quantitative estimate of drug-likeness (QED) is 0.936. The van der Waals surface area contributed by atoms with Gasteiger partial charge in [-0.3, -0.25) is 4.21 Å². The molecule has 1 aromatic carbocycles. The van der Waals surface area contributed by atoms with E-state index >= 15 is 0 Å².